The molecule has 0 aliphatic heterocycles. The molecular formula is C16H17FN2O. The number of fused-ring (bicyclic) bond motifs is 1. The SMILES string of the molecule is Nc1ccc(F)cc1C(O)C1CCCc2cccnc21. The molecule has 0 radical (unpaired) electrons. The number of nitrogens with two attached hydrogens (primary N) is 1. The quantitative estimate of drug-likeness (QED) is 0.826. The van der Waals surface area contributed by atoms with Gasteiger partial charge in [0.25, 0.3) is 0 Å². The Hall–Kier alpha value is -1.94. The highest BCUT2D eigenvalue weighted by atomic mass is 19.1. The molecule has 0 bridgehead atoms. The third kappa shape index (κ3) is 2.27. The first-order valence-corrected chi connectivity index (χ1v) is 6.83. The summed E-state index contributed by atoms with van der Waals surface area (Å²) in [4.78, 5) is 4.40. The lowest BCUT2D eigenvalue weighted by Gasteiger charge is -2.29. The number of aliphatic hydroxyl groups is 1. The van der Waals surface area contributed by atoms with Gasteiger partial charge in [0.05, 0.1) is 6.10 Å². The summed E-state index contributed by atoms with van der Waals surface area (Å²) in [6.45, 7) is 0. The van der Waals surface area contributed by atoms with E-state index in [1.807, 2.05) is 12.1 Å². The first-order chi connectivity index (χ1) is 9.66. The topological polar surface area (TPSA) is 59.1 Å². The van der Waals surface area contributed by atoms with Crippen LogP contribution in [0.25, 0.3) is 0 Å². The summed E-state index contributed by atoms with van der Waals surface area (Å²) in [5.74, 6) is -0.505. The lowest BCUT2D eigenvalue weighted by atomic mass is 9.80. The average molecular weight is 272 g/mol. The minimum absolute atomic E-state index is 0.121. The second-order valence-corrected chi connectivity index (χ2v) is 5.26. The Morgan fingerprint density at radius 3 is 3.05 bits per heavy atom. The van der Waals surface area contributed by atoms with Crippen LogP contribution in [-0.4, -0.2) is 10.1 Å². The van der Waals surface area contributed by atoms with Crippen molar-refractivity contribution in [2.75, 3.05) is 5.73 Å². The molecule has 0 fully saturated rings. The number of aryl methyl sites for hydroxylation is 1. The predicted octanol–water partition coefficient (Wildman–Crippen LogP) is 2.96. The van der Waals surface area contributed by atoms with Gasteiger partial charge in [-0.05, 0) is 49.1 Å². The van der Waals surface area contributed by atoms with Gasteiger partial charge in [-0.15, -0.1) is 0 Å². The molecule has 1 aromatic carbocycles. The first kappa shape index (κ1) is 13.1. The van der Waals surface area contributed by atoms with E-state index < -0.39 is 6.10 Å². The Balaban J connectivity index is 1.99. The van der Waals surface area contributed by atoms with Gasteiger partial charge in [0.15, 0.2) is 0 Å². The number of nitrogens with zero attached hydrogens (tertiary/aromatic N) is 1. The zero-order chi connectivity index (χ0) is 14.1. The van der Waals surface area contributed by atoms with Crippen molar-refractivity contribution in [2.24, 2.45) is 0 Å². The number of nitrogen functional groups attached to an aromatic ring is 1. The Bertz CT molecular complexity index is 630. The molecule has 3 rings (SSSR count). The summed E-state index contributed by atoms with van der Waals surface area (Å²) in [7, 11) is 0. The molecule has 2 aromatic rings. The Labute approximate surface area is 117 Å². The molecule has 2 unspecified atom stereocenters. The lowest BCUT2D eigenvalue weighted by Crippen LogP contribution is -2.19. The number of pyridine rings is 1. The number of benzene rings is 1. The van der Waals surface area contributed by atoms with Crippen molar-refractivity contribution >= 4 is 5.69 Å². The highest BCUT2D eigenvalue weighted by Crippen LogP contribution is 2.40. The molecule has 104 valence electrons. The van der Waals surface area contributed by atoms with E-state index in [0.29, 0.717) is 11.3 Å². The number of anilines is 1. The summed E-state index contributed by atoms with van der Waals surface area (Å²) in [5, 5.41) is 10.6. The average Bonchev–Trinajstić information content (AvgIpc) is 2.48. The molecule has 20 heavy (non-hydrogen) atoms. The molecule has 0 amide bonds. The van der Waals surface area contributed by atoms with Crippen LogP contribution in [0.1, 0.15) is 41.7 Å². The molecule has 1 heterocycles. The second kappa shape index (κ2) is 5.21. The molecule has 1 aliphatic carbocycles. The highest BCUT2D eigenvalue weighted by molar-refractivity contribution is 5.49. The van der Waals surface area contributed by atoms with Crippen molar-refractivity contribution in [3.63, 3.8) is 0 Å². The molecule has 0 saturated heterocycles. The Kier molecular flexibility index (Phi) is 3.40. The van der Waals surface area contributed by atoms with E-state index in [0.717, 1.165) is 30.5 Å². The number of aliphatic hydroxyl groups excluding tert-OH is 1. The number of halogens is 1. The van der Waals surface area contributed by atoms with Gasteiger partial charge in [-0.3, -0.25) is 4.98 Å². The fourth-order valence-electron chi connectivity index (χ4n) is 2.97. The zero-order valence-electron chi connectivity index (χ0n) is 11.1. The van der Waals surface area contributed by atoms with Crippen LogP contribution >= 0.6 is 0 Å². The van der Waals surface area contributed by atoms with Crippen LogP contribution in [0.15, 0.2) is 36.5 Å². The Morgan fingerprint density at radius 2 is 2.20 bits per heavy atom. The molecule has 0 saturated carbocycles. The maximum absolute atomic E-state index is 13.4. The normalized spacial score (nSPS) is 19.4. The van der Waals surface area contributed by atoms with Crippen molar-refractivity contribution in [1.82, 2.24) is 4.98 Å². The largest absolute Gasteiger partial charge is 0.398 e. The third-order valence-corrected chi connectivity index (χ3v) is 3.99. The monoisotopic (exact) mass is 272 g/mol. The number of rotatable bonds is 2. The fraction of sp³-hybridized carbons (Fsp3) is 0.312. The minimum Gasteiger partial charge on any atom is -0.398 e. The summed E-state index contributed by atoms with van der Waals surface area (Å²) in [5.41, 5.74) is 8.82. The summed E-state index contributed by atoms with van der Waals surface area (Å²) < 4.78 is 13.4. The van der Waals surface area contributed by atoms with Gasteiger partial charge in [-0.1, -0.05) is 6.07 Å². The van der Waals surface area contributed by atoms with E-state index in [2.05, 4.69) is 4.98 Å². The molecule has 1 aromatic heterocycles. The molecule has 1 aliphatic rings. The first-order valence-electron chi connectivity index (χ1n) is 6.83. The van der Waals surface area contributed by atoms with Gasteiger partial charge in [0.1, 0.15) is 5.82 Å². The van der Waals surface area contributed by atoms with Gasteiger partial charge in [0, 0.05) is 29.1 Å². The summed E-state index contributed by atoms with van der Waals surface area (Å²) in [6.07, 6.45) is 3.72. The van der Waals surface area contributed by atoms with Crippen molar-refractivity contribution in [1.29, 1.82) is 0 Å². The smallest absolute Gasteiger partial charge is 0.123 e. The molecular weight excluding hydrogens is 255 g/mol. The second-order valence-electron chi connectivity index (χ2n) is 5.26. The van der Waals surface area contributed by atoms with E-state index in [9.17, 15) is 9.50 Å². The number of hydrogen-bond donors (Lipinski definition) is 2. The van der Waals surface area contributed by atoms with Crippen molar-refractivity contribution in [3.05, 3.63) is 59.2 Å². The molecule has 2 atom stereocenters. The zero-order valence-corrected chi connectivity index (χ0v) is 11.1. The van der Waals surface area contributed by atoms with E-state index in [1.54, 1.807) is 6.20 Å². The van der Waals surface area contributed by atoms with Crippen LogP contribution in [0.3, 0.4) is 0 Å². The van der Waals surface area contributed by atoms with E-state index in [4.69, 9.17) is 5.73 Å². The van der Waals surface area contributed by atoms with Crippen molar-refractivity contribution in [2.45, 2.75) is 31.3 Å². The van der Waals surface area contributed by atoms with Gasteiger partial charge >= 0.3 is 0 Å². The van der Waals surface area contributed by atoms with Crippen molar-refractivity contribution < 1.29 is 9.50 Å². The maximum Gasteiger partial charge on any atom is 0.123 e. The number of aromatic nitrogens is 1. The Morgan fingerprint density at radius 1 is 1.35 bits per heavy atom. The van der Waals surface area contributed by atoms with Gasteiger partial charge in [0.2, 0.25) is 0 Å². The molecule has 0 spiro atoms. The minimum atomic E-state index is -0.820. The summed E-state index contributed by atoms with van der Waals surface area (Å²) in [6, 6.07) is 8.06. The predicted molar refractivity (Wildman–Crippen MR) is 75.7 cm³/mol. The van der Waals surface area contributed by atoms with Crippen LogP contribution in [0.4, 0.5) is 10.1 Å². The van der Waals surface area contributed by atoms with Gasteiger partial charge in [-0.25, -0.2) is 4.39 Å². The lowest BCUT2D eigenvalue weighted by molar-refractivity contribution is 0.134. The van der Waals surface area contributed by atoms with Crippen molar-refractivity contribution in [3.8, 4) is 0 Å². The summed E-state index contributed by atoms with van der Waals surface area (Å²) >= 11 is 0. The molecule has 4 heteroatoms. The van der Waals surface area contributed by atoms with Gasteiger partial charge in [-0.2, -0.15) is 0 Å². The van der Waals surface area contributed by atoms with E-state index in [-0.39, 0.29) is 11.7 Å². The maximum atomic E-state index is 13.4. The third-order valence-electron chi connectivity index (χ3n) is 3.99. The fourth-order valence-corrected chi connectivity index (χ4v) is 2.97. The highest BCUT2D eigenvalue weighted by Gasteiger charge is 2.29. The van der Waals surface area contributed by atoms with E-state index >= 15 is 0 Å². The van der Waals surface area contributed by atoms with Crippen LogP contribution in [0, 0.1) is 5.82 Å². The molecule has 3 N–H and O–H groups in total. The van der Waals surface area contributed by atoms with Crippen LogP contribution < -0.4 is 5.73 Å². The molecule has 3 nitrogen and oxygen atoms in total. The van der Waals surface area contributed by atoms with Crippen LogP contribution in [-0.2, 0) is 6.42 Å². The van der Waals surface area contributed by atoms with Crippen LogP contribution in [0.2, 0.25) is 0 Å². The van der Waals surface area contributed by atoms with E-state index in [1.165, 1.54) is 18.2 Å². The van der Waals surface area contributed by atoms with Gasteiger partial charge < -0.3 is 10.8 Å². The number of hydrogen-bond acceptors (Lipinski definition) is 3. The van der Waals surface area contributed by atoms with Crippen LogP contribution in [0.5, 0.6) is 0 Å². The standard InChI is InChI=1S/C16H17FN2O/c17-11-6-7-14(18)13(9-11)16(20)12-5-1-3-10-4-2-8-19-15(10)12/h2,4,6-9,12,16,20H,1,3,5,18H2.